The molecule has 1 saturated carbocycles. The number of alkyl halides is 1. The lowest BCUT2D eigenvalue weighted by Crippen LogP contribution is -2.75. The molecule has 1 aliphatic carbocycles. The maximum atomic E-state index is 13.6. The van der Waals surface area contributed by atoms with E-state index in [1.165, 1.54) is 0 Å². The maximum Gasteiger partial charge on any atom is 0.341 e. The summed E-state index contributed by atoms with van der Waals surface area (Å²) in [5, 5.41) is 6.47. The van der Waals surface area contributed by atoms with Gasteiger partial charge < -0.3 is 26.3 Å². The zero-order chi connectivity index (χ0) is 19.4. The Kier molecular flexibility index (Phi) is 2.90. The number of aromatic nitrogens is 1. The van der Waals surface area contributed by atoms with Crippen LogP contribution in [0, 0.1) is 11.8 Å². The van der Waals surface area contributed by atoms with E-state index in [4.69, 9.17) is 28.8 Å². The third-order valence-corrected chi connectivity index (χ3v) is 8.08. The van der Waals surface area contributed by atoms with Gasteiger partial charge in [0.1, 0.15) is 17.8 Å². The summed E-state index contributed by atoms with van der Waals surface area (Å²) in [5.41, 5.74) is 17.7. The van der Waals surface area contributed by atoms with E-state index in [9.17, 15) is 4.79 Å². The molecule has 2 fully saturated rings. The molecular weight excluding hydrogens is 382 g/mol. The summed E-state index contributed by atoms with van der Waals surface area (Å²) in [7, 11) is 0. The number of aliphatic imine (C=N–C) groups is 1. The van der Waals surface area contributed by atoms with Crippen molar-refractivity contribution in [1.82, 2.24) is 20.1 Å². The van der Waals surface area contributed by atoms with Crippen molar-refractivity contribution >= 4 is 29.4 Å². The highest BCUT2D eigenvalue weighted by molar-refractivity contribution is 6.22. The van der Waals surface area contributed by atoms with Crippen molar-refractivity contribution in [3.05, 3.63) is 24.0 Å². The molecule has 1 aromatic heterocycles. The number of guanidine groups is 2. The van der Waals surface area contributed by atoms with E-state index in [1.807, 2.05) is 27.8 Å². The first kappa shape index (κ1) is 16.5. The number of nitrogens with two attached hydrogens (primary N) is 3. The van der Waals surface area contributed by atoms with Crippen molar-refractivity contribution in [2.24, 2.45) is 34.0 Å². The number of carbonyl (C=O) groups excluding carboxylic acids is 1. The Morgan fingerprint density at radius 3 is 2.93 bits per heavy atom. The van der Waals surface area contributed by atoms with Crippen molar-refractivity contribution in [1.29, 1.82) is 0 Å². The van der Waals surface area contributed by atoms with Crippen LogP contribution in [0.1, 0.15) is 23.1 Å². The summed E-state index contributed by atoms with van der Waals surface area (Å²) in [6, 6.07) is 3.55. The zero-order valence-corrected chi connectivity index (χ0v) is 15.9. The SMILES string of the molecule is NC[C@H]1C2C(C[C@@]34NC(N)=NC3n3cccc3C(=O)N24)[C@]2(C[NH+]=C(N)N2)[C@H]1Cl. The van der Waals surface area contributed by atoms with Crippen LogP contribution in [0.3, 0.4) is 0 Å². The Hall–Kier alpha value is -2.46. The van der Waals surface area contributed by atoms with Crippen molar-refractivity contribution in [3.8, 4) is 0 Å². The standard InChI is InChI=1S/C17H22ClN9O/c18-11-7(5-19)10-8(16(11)6-22-14(20)24-16)4-17-13(23-15(21)25-17)26-3-1-2-9(26)12(28)27(10)17/h1-3,7-8,10-11,13H,4-6,19H2,(H3,20,22,24)(H3,21,23,25)/p+1/t7-,8?,10?,11-,13?,16+,17-/m0/s1. The third-order valence-electron chi connectivity index (χ3n) is 7.36. The third kappa shape index (κ3) is 1.60. The monoisotopic (exact) mass is 404 g/mol. The summed E-state index contributed by atoms with van der Waals surface area (Å²) in [6.07, 6.45) is 2.22. The number of amides is 1. The lowest BCUT2D eigenvalue weighted by molar-refractivity contribution is -0.456. The molecule has 4 aliphatic heterocycles. The van der Waals surface area contributed by atoms with Crippen LogP contribution in [-0.4, -0.2) is 63.0 Å². The fourth-order valence-corrected chi connectivity index (χ4v) is 6.93. The summed E-state index contributed by atoms with van der Waals surface area (Å²) < 4.78 is 1.91. The topological polar surface area (TPSA) is 154 Å². The molecule has 0 bridgehead atoms. The van der Waals surface area contributed by atoms with Crippen LogP contribution in [0.4, 0.5) is 0 Å². The first-order chi connectivity index (χ1) is 13.4. The quantitative estimate of drug-likeness (QED) is 0.266. The zero-order valence-electron chi connectivity index (χ0n) is 15.1. The van der Waals surface area contributed by atoms with Crippen molar-refractivity contribution in [3.63, 3.8) is 0 Å². The Morgan fingerprint density at radius 1 is 1.39 bits per heavy atom. The molecule has 0 aromatic carbocycles. The van der Waals surface area contributed by atoms with Crippen LogP contribution >= 0.6 is 11.6 Å². The summed E-state index contributed by atoms with van der Waals surface area (Å²) in [5.74, 6) is 0.763. The Morgan fingerprint density at radius 2 is 2.21 bits per heavy atom. The molecule has 7 atom stereocenters. The second-order valence-electron chi connectivity index (χ2n) is 8.45. The van der Waals surface area contributed by atoms with Gasteiger partial charge >= 0.3 is 5.96 Å². The van der Waals surface area contributed by atoms with Crippen LogP contribution in [-0.2, 0) is 0 Å². The molecule has 1 saturated heterocycles. The Balaban J connectivity index is 1.53. The molecule has 10 nitrogen and oxygen atoms in total. The number of hydrogen-bond donors (Lipinski definition) is 6. The molecule has 1 amide bonds. The van der Waals surface area contributed by atoms with Gasteiger partial charge in [0.2, 0.25) is 0 Å². The van der Waals surface area contributed by atoms with Gasteiger partial charge in [-0.2, -0.15) is 0 Å². The van der Waals surface area contributed by atoms with E-state index in [0.29, 0.717) is 37.1 Å². The molecule has 6 rings (SSSR count). The van der Waals surface area contributed by atoms with Crippen LogP contribution in [0.2, 0.25) is 0 Å². The number of carbonyl (C=O) groups is 1. The highest BCUT2D eigenvalue weighted by Crippen LogP contribution is 2.59. The Bertz CT molecular complexity index is 958. The summed E-state index contributed by atoms with van der Waals surface area (Å²) >= 11 is 6.97. The van der Waals surface area contributed by atoms with Gasteiger partial charge in [0.05, 0.1) is 5.38 Å². The van der Waals surface area contributed by atoms with E-state index in [-0.39, 0.29) is 35.3 Å². The highest BCUT2D eigenvalue weighted by atomic mass is 35.5. The van der Waals surface area contributed by atoms with Crippen LogP contribution in [0.15, 0.2) is 23.3 Å². The maximum absolute atomic E-state index is 13.6. The molecule has 9 N–H and O–H groups in total. The van der Waals surface area contributed by atoms with Crippen molar-refractivity contribution in [2.45, 2.75) is 35.2 Å². The molecule has 1 aromatic rings. The smallest absolute Gasteiger partial charge is 0.341 e. The molecular formula is C17H23ClN9O+. The first-order valence-electron chi connectivity index (χ1n) is 9.53. The largest absolute Gasteiger partial charge is 0.370 e. The fourth-order valence-electron chi connectivity index (χ4n) is 6.39. The second kappa shape index (κ2) is 4.93. The van der Waals surface area contributed by atoms with E-state index in [1.54, 1.807) is 0 Å². The lowest BCUT2D eigenvalue weighted by Gasteiger charge is -2.47. The van der Waals surface area contributed by atoms with Gasteiger partial charge in [-0.1, -0.05) is 0 Å². The fraction of sp³-hybridized carbons (Fsp3) is 0.588. The van der Waals surface area contributed by atoms with Gasteiger partial charge in [-0.05, 0) is 18.7 Å². The van der Waals surface area contributed by atoms with Gasteiger partial charge in [-0.3, -0.25) is 20.8 Å². The van der Waals surface area contributed by atoms with E-state index in [2.05, 4.69) is 20.6 Å². The highest BCUT2D eigenvalue weighted by Gasteiger charge is 2.75. The summed E-state index contributed by atoms with van der Waals surface area (Å²) in [6.45, 7) is 0.969. The number of nitrogens with zero attached hydrogens (tertiary/aromatic N) is 3. The molecule has 5 aliphatic rings. The molecule has 148 valence electrons. The molecule has 2 spiro atoms. The van der Waals surface area contributed by atoms with Crippen molar-refractivity contribution in [2.75, 3.05) is 13.1 Å². The number of nitrogens with one attached hydrogen (secondary N) is 3. The predicted octanol–water partition coefficient (Wildman–Crippen LogP) is -3.62. The minimum absolute atomic E-state index is 0.0433. The van der Waals surface area contributed by atoms with Gasteiger partial charge in [0.25, 0.3) is 5.91 Å². The predicted molar refractivity (Wildman–Crippen MR) is 102 cm³/mol. The van der Waals surface area contributed by atoms with E-state index >= 15 is 0 Å². The van der Waals surface area contributed by atoms with Crippen LogP contribution < -0.4 is 32.8 Å². The van der Waals surface area contributed by atoms with Crippen LogP contribution in [0.25, 0.3) is 0 Å². The number of fused-ring (bicyclic) bond motifs is 5. The number of halogens is 1. The number of hydrogen-bond acceptors (Lipinski definition) is 7. The minimum atomic E-state index is -0.723. The second-order valence-corrected chi connectivity index (χ2v) is 8.92. The normalized spacial score (nSPS) is 45.1. The van der Waals surface area contributed by atoms with Gasteiger partial charge in [-0.15, -0.1) is 11.6 Å². The molecule has 3 unspecified atom stereocenters. The average molecular weight is 405 g/mol. The lowest BCUT2D eigenvalue weighted by atomic mass is 9.82. The Labute approximate surface area is 166 Å². The molecule has 0 radical (unpaired) electrons. The molecule has 5 heterocycles. The van der Waals surface area contributed by atoms with Gasteiger partial charge in [0, 0.05) is 30.5 Å². The van der Waals surface area contributed by atoms with Crippen molar-refractivity contribution < 1.29 is 9.79 Å². The molecule has 11 heteroatoms. The van der Waals surface area contributed by atoms with Gasteiger partial charge in [-0.25, -0.2) is 4.99 Å². The van der Waals surface area contributed by atoms with E-state index in [0.717, 1.165) is 0 Å². The summed E-state index contributed by atoms with van der Waals surface area (Å²) in [4.78, 5) is 23.4. The van der Waals surface area contributed by atoms with E-state index < -0.39 is 11.2 Å². The van der Waals surface area contributed by atoms with Gasteiger partial charge in [0.15, 0.2) is 17.8 Å². The number of rotatable bonds is 1. The molecule has 28 heavy (non-hydrogen) atoms. The first-order valence-corrected chi connectivity index (χ1v) is 9.97. The average Bonchev–Trinajstić information content (AvgIpc) is 3.42. The minimum Gasteiger partial charge on any atom is -0.370 e. The van der Waals surface area contributed by atoms with Crippen LogP contribution in [0.5, 0.6) is 0 Å².